The van der Waals surface area contributed by atoms with Crippen molar-refractivity contribution in [3.63, 3.8) is 0 Å². The number of benzene rings is 1. The van der Waals surface area contributed by atoms with Gasteiger partial charge in [0.15, 0.2) is 6.61 Å². The van der Waals surface area contributed by atoms with Crippen LogP contribution in [0.5, 0.6) is 0 Å². The molecule has 6 heteroatoms. The van der Waals surface area contributed by atoms with Crippen molar-refractivity contribution in [3.05, 3.63) is 82.7 Å². The minimum Gasteiger partial charge on any atom is -0.453 e. The smallest absolute Gasteiger partial charge is 0.355 e. The summed E-state index contributed by atoms with van der Waals surface area (Å²) in [6.07, 6.45) is 2.47. The molecule has 0 atom stereocenters. The average Bonchev–Trinajstić information content (AvgIpc) is 3.22. The zero-order valence-electron chi connectivity index (χ0n) is 16.2. The fraction of sp³-hybridized carbons (Fsp3) is 0.273. The number of halogens is 1. The van der Waals surface area contributed by atoms with Crippen LogP contribution in [0.15, 0.2) is 48.7 Å². The van der Waals surface area contributed by atoms with Gasteiger partial charge in [0.05, 0.1) is 0 Å². The van der Waals surface area contributed by atoms with Crippen LogP contribution >= 0.6 is 0 Å². The van der Waals surface area contributed by atoms with Crippen molar-refractivity contribution in [1.29, 1.82) is 0 Å². The van der Waals surface area contributed by atoms with Crippen molar-refractivity contribution < 1.29 is 18.7 Å². The van der Waals surface area contributed by atoms with Crippen LogP contribution in [0.4, 0.5) is 4.39 Å². The van der Waals surface area contributed by atoms with E-state index in [-0.39, 0.29) is 18.2 Å². The van der Waals surface area contributed by atoms with Gasteiger partial charge in [-0.2, -0.15) is 0 Å². The Morgan fingerprint density at radius 1 is 1.11 bits per heavy atom. The van der Waals surface area contributed by atoms with Crippen LogP contribution < -0.4 is 0 Å². The van der Waals surface area contributed by atoms with E-state index in [1.165, 1.54) is 12.1 Å². The third-order valence-electron chi connectivity index (χ3n) is 4.90. The van der Waals surface area contributed by atoms with E-state index in [2.05, 4.69) is 4.57 Å². The molecule has 3 aromatic rings. The van der Waals surface area contributed by atoms with E-state index < -0.39 is 5.97 Å². The molecule has 0 amide bonds. The van der Waals surface area contributed by atoms with E-state index >= 15 is 0 Å². The molecule has 0 radical (unpaired) electrons. The van der Waals surface area contributed by atoms with E-state index in [0.717, 1.165) is 23.4 Å². The first kappa shape index (κ1) is 19.6. The number of aryl methyl sites for hydroxylation is 3. The molecule has 2 heterocycles. The summed E-state index contributed by atoms with van der Waals surface area (Å²) in [5.74, 6) is -1.01. The molecule has 0 saturated heterocycles. The van der Waals surface area contributed by atoms with E-state index in [1.807, 2.05) is 19.9 Å². The summed E-state index contributed by atoms with van der Waals surface area (Å²) in [6, 6.07) is 11.6. The maximum atomic E-state index is 13.0. The highest BCUT2D eigenvalue weighted by molar-refractivity contribution is 6.00. The highest BCUT2D eigenvalue weighted by Crippen LogP contribution is 2.17. The molecule has 5 nitrogen and oxygen atoms in total. The van der Waals surface area contributed by atoms with Gasteiger partial charge in [0.25, 0.3) is 0 Å². The summed E-state index contributed by atoms with van der Waals surface area (Å²) in [6.45, 7) is 4.19. The molecule has 2 aromatic heterocycles. The lowest BCUT2D eigenvalue weighted by molar-refractivity contribution is 0.0465. The summed E-state index contributed by atoms with van der Waals surface area (Å²) in [7, 11) is 1.74. The molecule has 146 valence electrons. The van der Waals surface area contributed by atoms with Crippen molar-refractivity contribution in [2.45, 2.75) is 26.8 Å². The normalized spacial score (nSPS) is 10.9. The fourth-order valence-corrected chi connectivity index (χ4v) is 3.28. The molecule has 0 aliphatic heterocycles. The predicted octanol–water partition coefficient (Wildman–Crippen LogP) is 3.86. The number of ether oxygens (including phenoxy) is 1. The quantitative estimate of drug-likeness (QED) is 0.461. The minimum atomic E-state index is -0.522. The van der Waals surface area contributed by atoms with Gasteiger partial charge in [-0.25, -0.2) is 9.18 Å². The van der Waals surface area contributed by atoms with Crippen LogP contribution in [0.3, 0.4) is 0 Å². The van der Waals surface area contributed by atoms with Gasteiger partial charge in [0.2, 0.25) is 5.78 Å². The topological polar surface area (TPSA) is 53.2 Å². The largest absolute Gasteiger partial charge is 0.453 e. The van der Waals surface area contributed by atoms with Crippen LogP contribution in [-0.4, -0.2) is 27.5 Å². The standard InChI is InChI=1S/C22H23FN2O3/c1-15-13-19(21(26)14-28-22(27)20-5-4-11-24(20)3)16(2)25(15)12-10-17-6-8-18(23)9-7-17/h4-9,11,13H,10,12,14H2,1-3H3. The molecular weight excluding hydrogens is 359 g/mol. The zero-order valence-corrected chi connectivity index (χ0v) is 16.2. The molecule has 0 aliphatic rings. The van der Waals surface area contributed by atoms with Gasteiger partial charge in [-0.15, -0.1) is 0 Å². The predicted molar refractivity (Wildman–Crippen MR) is 104 cm³/mol. The second kappa shape index (κ2) is 8.25. The molecule has 0 aliphatic carbocycles. The Hall–Kier alpha value is -3.15. The van der Waals surface area contributed by atoms with E-state index in [1.54, 1.807) is 42.1 Å². The average molecular weight is 382 g/mol. The van der Waals surface area contributed by atoms with E-state index in [9.17, 15) is 14.0 Å². The van der Waals surface area contributed by atoms with Gasteiger partial charge in [-0.3, -0.25) is 4.79 Å². The lowest BCUT2D eigenvalue weighted by Gasteiger charge is -2.10. The number of nitrogens with zero attached hydrogens (tertiary/aromatic N) is 2. The Morgan fingerprint density at radius 3 is 2.46 bits per heavy atom. The Balaban J connectivity index is 1.65. The number of hydrogen-bond donors (Lipinski definition) is 0. The van der Waals surface area contributed by atoms with Gasteiger partial charge < -0.3 is 13.9 Å². The zero-order chi connectivity index (χ0) is 20.3. The van der Waals surface area contributed by atoms with Crippen LogP contribution in [0, 0.1) is 19.7 Å². The number of carbonyl (C=O) groups is 2. The SMILES string of the molecule is Cc1cc(C(=O)COC(=O)c2cccn2C)c(C)n1CCc1ccc(F)cc1. The van der Waals surface area contributed by atoms with Crippen molar-refractivity contribution >= 4 is 11.8 Å². The number of aromatic nitrogens is 2. The van der Waals surface area contributed by atoms with Gasteiger partial charge in [-0.05, 0) is 56.2 Å². The second-order valence-corrected chi connectivity index (χ2v) is 6.82. The first-order chi connectivity index (χ1) is 13.4. The molecule has 0 unspecified atom stereocenters. The molecule has 0 saturated carbocycles. The number of carbonyl (C=O) groups excluding carboxylic acids is 2. The molecule has 3 rings (SSSR count). The molecule has 1 aromatic carbocycles. The molecule has 0 N–H and O–H groups in total. The highest BCUT2D eigenvalue weighted by atomic mass is 19.1. The van der Waals surface area contributed by atoms with Crippen molar-refractivity contribution in [2.24, 2.45) is 7.05 Å². The number of rotatable bonds is 7. The van der Waals surface area contributed by atoms with E-state index in [0.29, 0.717) is 17.8 Å². The third kappa shape index (κ3) is 4.22. The van der Waals surface area contributed by atoms with Gasteiger partial charge in [0, 0.05) is 36.7 Å². The maximum absolute atomic E-state index is 13.0. The first-order valence-electron chi connectivity index (χ1n) is 9.09. The fourth-order valence-electron chi connectivity index (χ4n) is 3.28. The highest BCUT2D eigenvalue weighted by Gasteiger charge is 2.18. The summed E-state index contributed by atoms with van der Waals surface area (Å²) < 4.78 is 21.9. The first-order valence-corrected chi connectivity index (χ1v) is 9.09. The summed E-state index contributed by atoms with van der Waals surface area (Å²) >= 11 is 0. The van der Waals surface area contributed by atoms with Crippen LogP contribution in [0.1, 0.15) is 37.8 Å². The summed E-state index contributed by atoms with van der Waals surface area (Å²) in [4.78, 5) is 24.6. The number of hydrogen-bond acceptors (Lipinski definition) is 3. The Morgan fingerprint density at radius 2 is 1.82 bits per heavy atom. The van der Waals surface area contributed by atoms with Gasteiger partial charge >= 0.3 is 5.97 Å². The second-order valence-electron chi connectivity index (χ2n) is 6.82. The van der Waals surface area contributed by atoms with E-state index in [4.69, 9.17) is 4.74 Å². The van der Waals surface area contributed by atoms with Crippen LogP contribution in [0.2, 0.25) is 0 Å². The number of Topliss-reactive ketones (excluding diaryl/α,β-unsaturated/α-hetero) is 1. The van der Waals surface area contributed by atoms with Crippen LogP contribution in [-0.2, 0) is 24.8 Å². The summed E-state index contributed by atoms with van der Waals surface area (Å²) in [5.41, 5.74) is 3.77. The van der Waals surface area contributed by atoms with Crippen molar-refractivity contribution in [1.82, 2.24) is 9.13 Å². The Bertz CT molecular complexity index is 999. The monoisotopic (exact) mass is 382 g/mol. The van der Waals surface area contributed by atoms with Crippen molar-refractivity contribution in [2.75, 3.05) is 6.61 Å². The summed E-state index contributed by atoms with van der Waals surface area (Å²) in [5, 5.41) is 0. The molecule has 0 bridgehead atoms. The van der Waals surface area contributed by atoms with Crippen LogP contribution in [0.25, 0.3) is 0 Å². The Kier molecular flexibility index (Phi) is 5.78. The minimum absolute atomic E-state index is 0.233. The third-order valence-corrected chi connectivity index (χ3v) is 4.90. The molecular formula is C22H23FN2O3. The van der Waals surface area contributed by atoms with Gasteiger partial charge in [-0.1, -0.05) is 12.1 Å². The molecule has 0 fully saturated rings. The van der Waals surface area contributed by atoms with Gasteiger partial charge in [0.1, 0.15) is 11.5 Å². The molecule has 28 heavy (non-hydrogen) atoms. The van der Waals surface area contributed by atoms with Crippen molar-refractivity contribution in [3.8, 4) is 0 Å². The maximum Gasteiger partial charge on any atom is 0.355 e. The molecule has 0 spiro atoms. The number of esters is 1. The lowest BCUT2D eigenvalue weighted by Crippen LogP contribution is -2.17. The lowest BCUT2D eigenvalue weighted by atomic mass is 10.1. The number of ketones is 1. The Labute approximate surface area is 163 Å².